The number of amides is 1. The maximum absolute atomic E-state index is 12.4. The summed E-state index contributed by atoms with van der Waals surface area (Å²) in [6, 6.07) is 16.8. The number of carbonyl (C=O) groups is 2. The van der Waals surface area contributed by atoms with Crippen LogP contribution in [0.2, 0.25) is 5.02 Å². The van der Waals surface area contributed by atoms with Gasteiger partial charge >= 0.3 is 5.97 Å². The van der Waals surface area contributed by atoms with Gasteiger partial charge in [-0.25, -0.2) is 9.48 Å². The summed E-state index contributed by atoms with van der Waals surface area (Å²) in [5.74, 6) is -1.84. The highest BCUT2D eigenvalue weighted by atomic mass is 35.5. The third kappa shape index (κ3) is 4.63. The lowest BCUT2D eigenvalue weighted by Crippen LogP contribution is -2.38. The van der Waals surface area contributed by atoms with Crippen molar-refractivity contribution in [2.45, 2.75) is 12.6 Å². The number of hydrogen-bond acceptors (Lipinski definition) is 4. The first kappa shape index (κ1) is 19.3. The van der Waals surface area contributed by atoms with Crippen molar-refractivity contribution in [1.82, 2.24) is 15.1 Å². The molecule has 3 rings (SSSR count). The van der Waals surface area contributed by atoms with Crippen LogP contribution in [0.4, 0.5) is 0 Å². The van der Waals surface area contributed by atoms with Gasteiger partial charge in [-0.2, -0.15) is 5.10 Å². The summed E-state index contributed by atoms with van der Waals surface area (Å²) in [7, 11) is 0. The number of hydrogen-bond donors (Lipinski definition) is 2. The predicted molar refractivity (Wildman–Crippen MR) is 104 cm³/mol. The quantitative estimate of drug-likeness (QED) is 0.665. The molecular formula is C20H16ClN3O4. The van der Waals surface area contributed by atoms with E-state index in [1.807, 2.05) is 0 Å². The third-order valence-corrected chi connectivity index (χ3v) is 4.24. The number of aliphatic carboxylic acids is 1. The maximum atomic E-state index is 12.4. The lowest BCUT2D eigenvalue weighted by atomic mass is 10.1. The fourth-order valence-electron chi connectivity index (χ4n) is 2.61. The summed E-state index contributed by atoms with van der Waals surface area (Å²) >= 11 is 5.87. The van der Waals surface area contributed by atoms with E-state index in [0.29, 0.717) is 16.3 Å². The molecule has 0 radical (unpaired) electrons. The molecular weight excluding hydrogens is 382 g/mol. The van der Waals surface area contributed by atoms with Gasteiger partial charge in [0, 0.05) is 16.7 Å². The Kier molecular flexibility index (Phi) is 5.86. The van der Waals surface area contributed by atoms with Crippen LogP contribution in [0.5, 0.6) is 0 Å². The Morgan fingerprint density at radius 3 is 2.36 bits per heavy atom. The van der Waals surface area contributed by atoms with Crippen LogP contribution in [0.3, 0.4) is 0 Å². The van der Waals surface area contributed by atoms with Crippen molar-refractivity contribution >= 4 is 23.5 Å². The van der Waals surface area contributed by atoms with Gasteiger partial charge in [-0.3, -0.25) is 9.59 Å². The van der Waals surface area contributed by atoms with Crippen LogP contribution in [0, 0.1) is 0 Å². The molecule has 2 N–H and O–H groups in total. The van der Waals surface area contributed by atoms with E-state index < -0.39 is 30.0 Å². The number of aromatic nitrogens is 2. The number of rotatable bonds is 6. The second-order valence-electron chi connectivity index (χ2n) is 5.97. The van der Waals surface area contributed by atoms with Gasteiger partial charge in [-0.15, -0.1) is 0 Å². The highest BCUT2D eigenvalue weighted by Gasteiger charge is 2.22. The standard InChI is InChI=1S/C20H16ClN3O4/c21-15-8-6-13(7-9-15)16-10-11-18(26)24(23-16)12-17(25)22-19(20(27)28)14-4-2-1-3-5-14/h1-11,19H,12H2,(H,22,25)(H,27,28)/t19-/m1/s1. The van der Waals surface area contributed by atoms with Crippen molar-refractivity contribution in [2.24, 2.45) is 0 Å². The molecule has 1 heterocycles. The number of carboxylic acids is 1. The normalized spacial score (nSPS) is 11.6. The average molecular weight is 398 g/mol. The van der Waals surface area contributed by atoms with Crippen molar-refractivity contribution < 1.29 is 14.7 Å². The minimum atomic E-state index is -1.22. The van der Waals surface area contributed by atoms with E-state index in [-0.39, 0.29) is 0 Å². The molecule has 1 amide bonds. The van der Waals surface area contributed by atoms with E-state index >= 15 is 0 Å². The second kappa shape index (κ2) is 8.49. The van der Waals surface area contributed by atoms with Gasteiger partial charge in [0.1, 0.15) is 6.54 Å². The number of carboxylic acid groups (broad SMARTS) is 1. The Labute approximate surface area is 165 Å². The fraction of sp³-hybridized carbons (Fsp3) is 0.100. The van der Waals surface area contributed by atoms with Gasteiger partial charge < -0.3 is 10.4 Å². The van der Waals surface area contributed by atoms with Gasteiger partial charge in [0.25, 0.3) is 5.56 Å². The summed E-state index contributed by atoms with van der Waals surface area (Å²) in [4.78, 5) is 35.9. The van der Waals surface area contributed by atoms with E-state index in [1.54, 1.807) is 60.7 Å². The van der Waals surface area contributed by atoms with Crippen molar-refractivity contribution in [3.63, 3.8) is 0 Å². The lowest BCUT2D eigenvalue weighted by molar-refractivity contribution is -0.142. The smallest absolute Gasteiger partial charge is 0.330 e. The van der Waals surface area contributed by atoms with Crippen LogP contribution in [-0.4, -0.2) is 26.8 Å². The van der Waals surface area contributed by atoms with Gasteiger partial charge in [0.05, 0.1) is 5.69 Å². The first-order chi connectivity index (χ1) is 13.4. The summed E-state index contributed by atoms with van der Waals surface area (Å²) < 4.78 is 0.989. The molecule has 7 nitrogen and oxygen atoms in total. The third-order valence-electron chi connectivity index (χ3n) is 3.99. The number of carbonyl (C=O) groups excluding carboxylic acids is 1. The summed E-state index contributed by atoms with van der Waals surface area (Å²) in [5.41, 5.74) is 1.17. The van der Waals surface area contributed by atoms with Crippen molar-refractivity contribution in [2.75, 3.05) is 0 Å². The monoisotopic (exact) mass is 397 g/mol. The molecule has 0 aliphatic rings. The van der Waals surface area contributed by atoms with Gasteiger partial charge in [-0.1, -0.05) is 54.1 Å². The molecule has 3 aromatic rings. The molecule has 0 fully saturated rings. The Morgan fingerprint density at radius 2 is 1.71 bits per heavy atom. The largest absolute Gasteiger partial charge is 0.479 e. The molecule has 2 aromatic carbocycles. The van der Waals surface area contributed by atoms with E-state index in [2.05, 4.69) is 10.4 Å². The zero-order valence-electron chi connectivity index (χ0n) is 14.6. The zero-order chi connectivity index (χ0) is 20.1. The molecule has 1 aromatic heterocycles. The lowest BCUT2D eigenvalue weighted by Gasteiger charge is -2.15. The SMILES string of the molecule is O=C(Cn1nc(-c2ccc(Cl)cc2)ccc1=O)N[C@@H](C(=O)O)c1ccccc1. The van der Waals surface area contributed by atoms with Crippen LogP contribution in [0.25, 0.3) is 11.3 Å². The van der Waals surface area contributed by atoms with Crippen molar-refractivity contribution in [1.29, 1.82) is 0 Å². The van der Waals surface area contributed by atoms with Crippen LogP contribution in [0.15, 0.2) is 71.5 Å². The highest BCUT2D eigenvalue weighted by molar-refractivity contribution is 6.30. The maximum Gasteiger partial charge on any atom is 0.330 e. The Balaban J connectivity index is 1.79. The number of benzene rings is 2. The average Bonchev–Trinajstić information content (AvgIpc) is 2.69. The minimum absolute atomic E-state index is 0.406. The summed E-state index contributed by atoms with van der Waals surface area (Å²) in [5, 5.41) is 16.6. The Hall–Kier alpha value is -3.45. The topological polar surface area (TPSA) is 101 Å². The number of nitrogens with one attached hydrogen (secondary N) is 1. The molecule has 0 aliphatic carbocycles. The molecule has 0 bridgehead atoms. The number of halogens is 1. The highest BCUT2D eigenvalue weighted by Crippen LogP contribution is 2.18. The van der Waals surface area contributed by atoms with Gasteiger partial charge in [0.2, 0.25) is 5.91 Å². The van der Waals surface area contributed by atoms with E-state index in [0.717, 1.165) is 10.2 Å². The molecule has 142 valence electrons. The van der Waals surface area contributed by atoms with Gasteiger partial charge in [0.15, 0.2) is 6.04 Å². The molecule has 28 heavy (non-hydrogen) atoms. The van der Waals surface area contributed by atoms with Crippen LogP contribution in [-0.2, 0) is 16.1 Å². The van der Waals surface area contributed by atoms with Crippen molar-refractivity contribution in [3.05, 3.63) is 87.7 Å². The molecule has 8 heteroatoms. The zero-order valence-corrected chi connectivity index (χ0v) is 15.3. The van der Waals surface area contributed by atoms with E-state index in [9.17, 15) is 19.5 Å². The van der Waals surface area contributed by atoms with Crippen LogP contribution in [0.1, 0.15) is 11.6 Å². The Bertz CT molecular complexity index is 1050. The van der Waals surface area contributed by atoms with Gasteiger partial charge in [-0.05, 0) is 23.8 Å². The molecule has 0 saturated heterocycles. The first-order valence-corrected chi connectivity index (χ1v) is 8.73. The van der Waals surface area contributed by atoms with Crippen LogP contribution >= 0.6 is 11.6 Å². The summed E-state index contributed by atoms with van der Waals surface area (Å²) in [6.07, 6.45) is 0. The first-order valence-electron chi connectivity index (χ1n) is 8.35. The fourth-order valence-corrected chi connectivity index (χ4v) is 2.74. The van der Waals surface area contributed by atoms with Crippen LogP contribution < -0.4 is 10.9 Å². The molecule has 1 atom stereocenters. The molecule has 0 aliphatic heterocycles. The number of nitrogens with zero attached hydrogens (tertiary/aromatic N) is 2. The molecule has 0 unspecified atom stereocenters. The second-order valence-corrected chi connectivity index (χ2v) is 6.41. The van der Waals surface area contributed by atoms with Crippen molar-refractivity contribution in [3.8, 4) is 11.3 Å². The molecule has 0 spiro atoms. The summed E-state index contributed by atoms with van der Waals surface area (Å²) in [6.45, 7) is -0.406. The Morgan fingerprint density at radius 1 is 1.04 bits per heavy atom. The predicted octanol–water partition coefficient (Wildman–Crippen LogP) is 2.51. The van der Waals surface area contributed by atoms with E-state index in [4.69, 9.17) is 11.6 Å². The molecule has 0 saturated carbocycles. The van der Waals surface area contributed by atoms with E-state index in [1.165, 1.54) is 6.07 Å². The minimum Gasteiger partial charge on any atom is -0.479 e.